The van der Waals surface area contributed by atoms with Crippen LogP contribution in [-0.4, -0.2) is 23.7 Å². The molecule has 2 aromatic carbocycles. The van der Waals surface area contributed by atoms with E-state index in [2.05, 4.69) is 17.2 Å². The molecule has 1 atom stereocenters. The Morgan fingerprint density at radius 2 is 1.67 bits per heavy atom. The highest BCUT2D eigenvalue weighted by Gasteiger charge is 2.21. The highest BCUT2D eigenvalue weighted by Crippen LogP contribution is 2.19. The Hall–Kier alpha value is -2.57. The van der Waals surface area contributed by atoms with E-state index in [1.54, 1.807) is 12.1 Å². The van der Waals surface area contributed by atoms with Gasteiger partial charge in [0.1, 0.15) is 5.92 Å². The first-order valence-electron chi connectivity index (χ1n) is 6.87. The lowest BCUT2D eigenvalue weighted by atomic mass is 10.0. The van der Waals surface area contributed by atoms with Crippen molar-refractivity contribution < 1.29 is 9.90 Å². The first kappa shape index (κ1) is 13.4. The van der Waals surface area contributed by atoms with E-state index in [9.17, 15) is 9.90 Å². The molecule has 1 aliphatic carbocycles. The number of carbonyl (C=O) groups is 1. The summed E-state index contributed by atoms with van der Waals surface area (Å²) in [5.74, 6) is 5.24. The molecule has 2 aromatic rings. The SMILES string of the molecule is O=C(NC[C@@H](O)C1C#C1)c1ccc(-c2ccccc2)cc1. The largest absolute Gasteiger partial charge is 0.389 e. The molecule has 0 fully saturated rings. The molecule has 3 heteroatoms. The number of amides is 1. The standard InChI is InChI=1S/C18H15NO2/c20-17(15-8-9-15)12-19-18(21)16-10-6-14(7-11-16)13-4-2-1-3-5-13/h1-7,10-11,15,17,20H,12H2,(H,19,21)/t17-/m1/s1. The molecular weight excluding hydrogens is 262 g/mol. The van der Waals surface area contributed by atoms with Crippen LogP contribution in [0.15, 0.2) is 54.6 Å². The molecule has 21 heavy (non-hydrogen) atoms. The monoisotopic (exact) mass is 277 g/mol. The van der Waals surface area contributed by atoms with Crippen molar-refractivity contribution in [1.29, 1.82) is 0 Å². The zero-order chi connectivity index (χ0) is 14.7. The van der Waals surface area contributed by atoms with Crippen molar-refractivity contribution in [3.8, 4) is 23.0 Å². The predicted octanol–water partition coefficient (Wildman–Crippen LogP) is 2.08. The Labute approximate surface area is 123 Å². The maximum atomic E-state index is 12.0. The number of carbonyl (C=O) groups excluding carboxylic acids is 1. The van der Waals surface area contributed by atoms with Crippen molar-refractivity contribution in [2.24, 2.45) is 5.92 Å². The third-order valence-electron chi connectivity index (χ3n) is 3.42. The van der Waals surface area contributed by atoms with Crippen LogP contribution in [0.4, 0.5) is 0 Å². The van der Waals surface area contributed by atoms with Crippen molar-refractivity contribution in [1.82, 2.24) is 5.32 Å². The summed E-state index contributed by atoms with van der Waals surface area (Å²) in [6.45, 7) is 0.212. The molecule has 1 aliphatic rings. The number of nitrogens with one attached hydrogen (secondary N) is 1. The summed E-state index contributed by atoms with van der Waals surface area (Å²) in [5.41, 5.74) is 2.77. The smallest absolute Gasteiger partial charge is 0.251 e. The molecule has 0 unspecified atom stereocenters. The van der Waals surface area contributed by atoms with Gasteiger partial charge in [-0.15, -0.1) is 0 Å². The van der Waals surface area contributed by atoms with Gasteiger partial charge in [0.05, 0.1) is 6.10 Å². The van der Waals surface area contributed by atoms with E-state index >= 15 is 0 Å². The van der Waals surface area contributed by atoms with Crippen LogP contribution >= 0.6 is 0 Å². The molecule has 0 aromatic heterocycles. The molecule has 1 amide bonds. The van der Waals surface area contributed by atoms with Crippen LogP contribution < -0.4 is 5.32 Å². The van der Waals surface area contributed by atoms with Gasteiger partial charge < -0.3 is 10.4 Å². The second-order valence-electron chi connectivity index (χ2n) is 4.99. The summed E-state index contributed by atoms with van der Waals surface area (Å²) >= 11 is 0. The second kappa shape index (κ2) is 5.82. The van der Waals surface area contributed by atoms with Gasteiger partial charge >= 0.3 is 0 Å². The van der Waals surface area contributed by atoms with Gasteiger partial charge in [0.25, 0.3) is 5.91 Å². The van der Waals surface area contributed by atoms with Gasteiger partial charge in [0, 0.05) is 12.1 Å². The Kier molecular flexibility index (Phi) is 3.72. The van der Waals surface area contributed by atoms with Crippen molar-refractivity contribution in [3.05, 3.63) is 60.2 Å². The highest BCUT2D eigenvalue weighted by molar-refractivity contribution is 5.94. The van der Waals surface area contributed by atoms with E-state index in [0.29, 0.717) is 5.56 Å². The van der Waals surface area contributed by atoms with Gasteiger partial charge in [-0.3, -0.25) is 4.79 Å². The van der Waals surface area contributed by atoms with E-state index in [4.69, 9.17) is 0 Å². The molecule has 3 rings (SSSR count). The van der Waals surface area contributed by atoms with Gasteiger partial charge in [0.15, 0.2) is 0 Å². The lowest BCUT2D eigenvalue weighted by molar-refractivity contribution is 0.0909. The topological polar surface area (TPSA) is 49.3 Å². The highest BCUT2D eigenvalue weighted by atomic mass is 16.3. The maximum Gasteiger partial charge on any atom is 0.251 e. The van der Waals surface area contributed by atoms with Crippen LogP contribution in [0.2, 0.25) is 0 Å². The Morgan fingerprint density at radius 1 is 1.05 bits per heavy atom. The van der Waals surface area contributed by atoms with E-state index in [-0.39, 0.29) is 18.4 Å². The fourth-order valence-corrected chi connectivity index (χ4v) is 2.10. The second-order valence-corrected chi connectivity index (χ2v) is 4.99. The Bertz CT molecular complexity index is 687. The first-order chi connectivity index (χ1) is 10.2. The van der Waals surface area contributed by atoms with Crippen LogP contribution in [0.25, 0.3) is 11.1 Å². The predicted molar refractivity (Wildman–Crippen MR) is 81.5 cm³/mol. The van der Waals surface area contributed by atoms with E-state index in [0.717, 1.165) is 11.1 Å². The van der Waals surface area contributed by atoms with Crippen LogP contribution in [-0.2, 0) is 0 Å². The molecule has 0 heterocycles. The van der Waals surface area contributed by atoms with E-state index < -0.39 is 6.10 Å². The van der Waals surface area contributed by atoms with Gasteiger partial charge in [-0.25, -0.2) is 0 Å². The summed E-state index contributed by atoms with van der Waals surface area (Å²) in [6, 6.07) is 17.4. The maximum absolute atomic E-state index is 12.0. The van der Waals surface area contributed by atoms with E-state index in [1.807, 2.05) is 42.5 Å². The number of rotatable bonds is 5. The molecule has 0 saturated heterocycles. The average molecular weight is 277 g/mol. The molecule has 0 radical (unpaired) electrons. The minimum absolute atomic E-state index is 0.120. The molecule has 0 aliphatic heterocycles. The third-order valence-corrected chi connectivity index (χ3v) is 3.42. The number of hydrogen-bond acceptors (Lipinski definition) is 2. The van der Waals surface area contributed by atoms with Gasteiger partial charge in [-0.2, -0.15) is 0 Å². The first-order valence-corrected chi connectivity index (χ1v) is 6.87. The average Bonchev–Trinajstić information content (AvgIpc) is 3.38. The van der Waals surface area contributed by atoms with Gasteiger partial charge in [-0.05, 0) is 23.3 Å². The van der Waals surface area contributed by atoms with Crippen LogP contribution in [0.1, 0.15) is 10.4 Å². The summed E-state index contributed by atoms with van der Waals surface area (Å²) in [4.78, 5) is 12.0. The summed E-state index contributed by atoms with van der Waals surface area (Å²) in [7, 11) is 0. The minimum Gasteiger partial charge on any atom is -0.389 e. The third kappa shape index (κ3) is 3.31. The minimum atomic E-state index is -0.627. The quantitative estimate of drug-likeness (QED) is 0.822. The normalized spacial score (nSPS) is 14.0. The fraction of sp³-hybridized carbons (Fsp3) is 0.167. The number of benzene rings is 2. The van der Waals surface area contributed by atoms with Gasteiger partial charge in [-0.1, -0.05) is 54.3 Å². The van der Waals surface area contributed by atoms with Crippen LogP contribution in [0, 0.1) is 17.8 Å². The molecule has 0 bridgehead atoms. The van der Waals surface area contributed by atoms with Crippen molar-refractivity contribution in [2.45, 2.75) is 6.10 Å². The molecule has 104 valence electrons. The molecule has 0 spiro atoms. The Morgan fingerprint density at radius 3 is 2.29 bits per heavy atom. The fourth-order valence-electron chi connectivity index (χ4n) is 2.10. The number of aliphatic hydroxyl groups excluding tert-OH is 1. The zero-order valence-corrected chi connectivity index (χ0v) is 11.4. The summed E-state index contributed by atoms with van der Waals surface area (Å²) in [6.07, 6.45) is -0.627. The number of aliphatic hydroxyl groups is 1. The molecule has 0 saturated carbocycles. The van der Waals surface area contributed by atoms with E-state index in [1.165, 1.54) is 0 Å². The molecule has 3 nitrogen and oxygen atoms in total. The van der Waals surface area contributed by atoms with Gasteiger partial charge in [0.2, 0.25) is 0 Å². The summed E-state index contributed by atoms with van der Waals surface area (Å²) < 4.78 is 0. The molecular formula is C18H15NO2. The lowest BCUT2D eigenvalue weighted by Crippen LogP contribution is -2.33. The zero-order valence-electron chi connectivity index (χ0n) is 11.4. The van der Waals surface area contributed by atoms with Crippen LogP contribution in [0.5, 0.6) is 0 Å². The van der Waals surface area contributed by atoms with Crippen LogP contribution in [0.3, 0.4) is 0 Å². The van der Waals surface area contributed by atoms with Crippen molar-refractivity contribution >= 4 is 5.91 Å². The lowest BCUT2D eigenvalue weighted by Gasteiger charge is -2.10. The van der Waals surface area contributed by atoms with Crippen molar-refractivity contribution in [3.63, 3.8) is 0 Å². The summed E-state index contributed by atoms with van der Waals surface area (Å²) in [5, 5.41) is 12.3. The Balaban J connectivity index is 1.62. The number of hydrogen-bond donors (Lipinski definition) is 2. The molecule has 2 N–H and O–H groups in total. The van der Waals surface area contributed by atoms with Crippen molar-refractivity contribution in [2.75, 3.05) is 6.54 Å².